The average molecular weight is 313 g/mol. The van der Waals surface area contributed by atoms with Gasteiger partial charge in [0.1, 0.15) is 0 Å². The van der Waals surface area contributed by atoms with Gasteiger partial charge in [-0.25, -0.2) is 0 Å². The molecule has 1 amide bonds. The Morgan fingerprint density at radius 3 is 2.96 bits per heavy atom. The van der Waals surface area contributed by atoms with Crippen molar-refractivity contribution in [1.29, 1.82) is 0 Å². The number of rotatable bonds is 2. The van der Waals surface area contributed by atoms with Gasteiger partial charge in [0.05, 0.1) is 12.3 Å². The van der Waals surface area contributed by atoms with Crippen LogP contribution in [-0.2, 0) is 9.63 Å². The van der Waals surface area contributed by atoms with Gasteiger partial charge in [-0.1, -0.05) is 24.4 Å². The van der Waals surface area contributed by atoms with E-state index in [1.165, 1.54) is 19.3 Å². The first-order valence-corrected chi connectivity index (χ1v) is 8.70. The molecule has 1 unspecified atom stereocenters. The Labute approximate surface area is 136 Å². The molecule has 1 spiro atoms. The van der Waals surface area contributed by atoms with E-state index in [-0.39, 0.29) is 11.5 Å². The lowest BCUT2D eigenvalue weighted by atomic mass is 9.88. The SMILES string of the molecule is O=C(C1CCCCC1)N1CCC2(CC(c3cccnc3)=NO2)C1. The van der Waals surface area contributed by atoms with Crippen molar-refractivity contribution >= 4 is 11.6 Å². The Bertz CT molecular complexity index is 610. The van der Waals surface area contributed by atoms with Crippen LogP contribution in [0.1, 0.15) is 50.5 Å². The van der Waals surface area contributed by atoms with Gasteiger partial charge in [-0.2, -0.15) is 0 Å². The largest absolute Gasteiger partial charge is 0.387 e. The molecule has 0 bridgehead atoms. The smallest absolute Gasteiger partial charge is 0.225 e. The van der Waals surface area contributed by atoms with Crippen LogP contribution in [0.25, 0.3) is 0 Å². The van der Waals surface area contributed by atoms with Crippen molar-refractivity contribution in [1.82, 2.24) is 9.88 Å². The summed E-state index contributed by atoms with van der Waals surface area (Å²) in [4.78, 5) is 24.7. The Morgan fingerprint density at radius 2 is 2.17 bits per heavy atom. The second-order valence-electron chi connectivity index (χ2n) is 7.08. The summed E-state index contributed by atoms with van der Waals surface area (Å²) in [6.07, 6.45) is 11.0. The predicted octanol–water partition coefficient (Wildman–Crippen LogP) is 2.76. The molecule has 2 aliphatic heterocycles. The molecule has 2 fully saturated rings. The summed E-state index contributed by atoms with van der Waals surface area (Å²) in [6.45, 7) is 1.47. The molecule has 0 radical (unpaired) electrons. The van der Waals surface area contributed by atoms with E-state index in [1.807, 2.05) is 23.2 Å². The molecule has 3 heterocycles. The van der Waals surface area contributed by atoms with Crippen LogP contribution in [-0.4, -0.2) is 40.2 Å². The van der Waals surface area contributed by atoms with Crippen molar-refractivity contribution in [3.8, 4) is 0 Å². The van der Waals surface area contributed by atoms with Gasteiger partial charge in [0.15, 0.2) is 5.60 Å². The van der Waals surface area contributed by atoms with Crippen molar-refractivity contribution in [3.63, 3.8) is 0 Å². The lowest BCUT2D eigenvalue weighted by Gasteiger charge is -2.27. The van der Waals surface area contributed by atoms with Crippen LogP contribution >= 0.6 is 0 Å². The monoisotopic (exact) mass is 313 g/mol. The zero-order chi connectivity index (χ0) is 15.7. The Balaban J connectivity index is 1.40. The van der Waals surface area contributed by atoms with Crippen LogP contribution in [0.15, 0.2) is 29.7 Å². The van der Waals surface area contributed by atoms with Crippen LogP contribution in [0.4, 0.5) is 0 Å². The van der Waals surface area contributed by atoms with Gasteiger partial charge in [-0.15, -0.1) is 0 Å². The summed E-state index contributed by atoms with van der Waals surface area (Å²) in [5.41, 5.74) is 1.65. The fourth-order valence-corrected chi connectivity index (χ4v) is 4.07. The maximum atomic E-state index is 12.7. The molecule has 5 heteroatoms. The summed E-state index contributed by atoms with van der Waals surface area (Å²) >= 11 is 0. The molecule has 5 nitrogen and oxygen atoms in total. The van der Waals surface area contributed by atoms with E-state index in [9.17, 15) is 4.79 Å². The van der Waals surface area contributed by atoms with Crippen LogP contribution in [0.3, 0.4) is 0 Å². The first-order valence-electron chi connectivity index (χ1n) is 8.70. The number of hydrogen-bond donors (Lipinski definition) is 0. The molecule has 0 N–H and O–H groups in total. The zero-order valence-corrected chi connectivity index (χ0v) is 13.4. The van der Waals surface area contributed by atoms with Crippen molar-refractivity contribution in [3.05, 3.63) is 30.1 Å². The number of nitrogens with zero attached hydrogens (tertiary/aromatic N) is 3. The molecule has 1 saturated carbocycles. The van der Waals surface area contributed by atoms with Gasteiger partial charge < -0.3 is 9.74 Å². The minimum Gasteiger partial charge on any atom is -0.387 e. The molecular weight excluding hydrogens is 290 g/mol. The zero-order valence-electron chi connectivity index (χ0n) is 13.4. The number of oxime groups is 1. The molecule has 1 aliphatic carbocycles. The highest BCUT2D eigenvalue weighted by molar-refractivity contribution is 6.01. The molecule has 122 valence electrons. The Hall–Kier alpha value is -1.91. The van der Waals surface area contributed by atoms with Crippen molar-refractivity contribution in [2.45, 2.75) is 50.5 Å². The summed E-state index contributed by atoms with van der Waals surface area (Å²) in [7, 11) is 0. The van der Waals surface area contributed by atoms with E-state index in [1.54, 1.807) is 6.20 Å². The third-order valence-corrected chi connectivity index (χ3v) is 5.42. The third-order valence-electron chi connectivity index (χ3n) is 5.42. The number of carbonyl (C=O) groups excluding carboxylic acids is 1. The number of likely N-dealkylation sites (tertiary alicyclic amines) is 1. The van der Waals surface area contributed by atoms with Crippen LogP contribution in [0.2, 0.25) is 0 Å². The van der Waals surface area contributed by atoms with Gasteiger partial charge in [-0.05, 0) is 25.0 Å². The topological polar surface area (TPSA) is 54.8 Å². The molecule has 1 aromatic heterocycles. The number of hydrogen-bond acceptors (Lipinski definition) is 4. The molecule has 4 rings (SSSR count). The van der Waals surface area contributed by atoms with E-state index in [0.717, 1.165) is 43.5 Å². The number of carbonyl (C=O) groups is 1. The van der Waals surface area contributed by atoms with Crippen LogP contribution in [0, 0.1) is 5.92 Å². The minimum absolute atomic E-state index is 0.235. The molecular formula is C18H23N3O2. The first-order chi connectivity index (χ1) is 11.3. The maximum Gasteiger partial charge on any atom is 0.225 e. The average Bonchev–Trinajstić information content (AvgIpc) is 3.23. The summed E-state index contributed by atoms with van der Waals surface area (Å²) in [5, 5.41) is 4.29. The number of aromatic nitrogens is 1. The van der Waals surface area contributed by atoms with E-state index in [4.69, 9.17) is 4.84 Å². The minimum atomic E-state index is -0.310. The Morgan fingerprint density at radius 1 is 1.30 bits per heavy atom. The second kappa shape index (κ2) is 5.95. The van der Waals surface area contributed by atoms with E-state index in [0.29, 0.717) is 12.5 Å². The number of amides is 1. The van der Waals surface area contributed by atoms with E-state index >= 15 is 0 Å². The lowest BCUT2D eigenvalue weighted by molar-refractivity contribution is -0.136. The van der Waals surface area contributed by atoms with Gasteiger partial charge in [0.25, 0.3) is 0 Å². The lowest BCUT2D eigenvalue weighted by Crippen LogP contribution is -2.39. The number of pyridine rings is 1. The molecule has 0 aromatic carbocycles. The molecule has 1 saturated heterocycles. The van der Waals surface area contributed by atoms with Crippen LogP contribution in [0.5, 0.6) is 0 Å². The van der Waals surface area contributed by atoms with E-state index < -0.39 is 0 Å². The quantitative estimate of drug-likeness (QED) is 0.843. The summed E-state index contributed by atoms with van der Waals surface area (Å²) in [5.74, 6) is 0.569. The van der Waals surface area contributed by atoms with Gasteiger partial charge in [0, 0.05) is 43.3 Å². The fraction of sp³-hybridized carbons (Fsp3) is 0.611. The highest BCUT2D eigenvalue weighted by atomic mass is 16.7. The van der Waals surface area contributed by atoms with Crippen molar-refractivity contribution < 1.29 is 9.63 Å². The molecule has 1 atom stereocenters. The molecule has 23 heavy (non-hydrogen) atoms. The highest BCUT2D eigenvalue weighted by Gasteiger charge is 2.47. The second-order valence-corrected chi connectivity index (χ2v) is 7.08. The first kappa shape index (κ1) is 14.7. The third kappa shape index (κ3) is 2.84. The normalized spacial score (nSPS) is 28.0. The van der Waals surface area contributed by atoms with Gasteiger partial charge in [0.2, 0.25) is 5.91 Å². The predicted molar refractivity (Wildman–Crippen MR) is 87.0 cm³/mol. The maximum absolute atomic E-state index is 12.7. The summed E-state index contributed by atoms with van der Waals surface area (Å²) < 4.78 is 0. The van der Waals surface area contributed by atoms with Gasteiger partial charge >= 0.3 is 0 Å². The van der Waals surface area contributed by atoms with Crippen molar-refractivity contribution in [2.24, 2.45) is 11.1 Å². The molecule has 3 aliphatic rings. The highest BCUT2D eigenvalue weighted by Crippen LogP contribution is 2.37. The molecule has 1 aromatic rings. The van der Waals surface area contributed by atoms with E-state index in [2.05, 4.69) is 10.1 Å². The standard InChI is InChI=1S/C18H23N3O2/c22-17(14-5-2-1-3-6-14)21-10-8-18(13-21)11-16(20-23-18)15-7-4-9-19-12-15/h4,7,9,12,14H,1-3,5-6,8,10-11,13H2. The van der Waals surface area contributed by atoms with Gasteiger partial charge in [-0.3, -0.25) is 9.78 Å². The summed E-state index contributed by atoms with van der Waals surface area (Å²) in [6, 6.07) is 3.92. The van der Waals surface area contributed by atoms with Crippen molar-refractivity contribution in [2.75, 3.05) is 13.1 Å². The van der Waals surface area contributed by atoms with Crippen LogP contribution < -0.4 is 0 Å². The fourth-order valence-electron chi connectivity index (χ4n) is 4.07. The Kier molecular flexibility index (Phi) is 3.79.